The number of aliphatic hydroxyl groups is 1. The lowest BCUT2D eigenvalue weighted by molar-refractivity contribution is 0.281. The number of nitrogens with zero attached hydrogens (tertiary/aromatic N) is 2. The minimum absolute atomic E-state index is 0.0522. The third kappa shape index (κ3) is 5.57. The minimum atomic E-state index is -3.75. The molecule has 3 aromatic rings. The lowest BCUT2D eigenvalue weighted by atomic mass is 10.2. The van der Waals surface area contributed by atoms with Gasteiger partial charge in [0.2, 0.25) is 16.0 Å². The summed E-state index contributed by atoms with van der Waals surface area (Å²) in [7, 11) is -3.75. The number of aliphatic hydroxyl groups excluding tert-OH is 1. The molecule has 0 spiro atoms. The maximum absolute atomic E-state index is 12.8. The lowest BCUT2D eigenvalue weighted by Gasteiger charge is -2.15. The molecular weight excluding hydrogens is 474 g/mol. The van der Waals surface area contributed by atoms with E-state index in [2.05, 4.69) is 41.3 Å². The molecule has 0 bridgehead atoms. The van der Waals surface area contributed by atoms with Crippen molar-refractivity contribution in [1.29, 1.82) is 0 Å². The average molecular weight is 496 g/mol. The van der Waals surface area contributed by atoms with E-state index in [1.807, 2.05) is 6.92 Å². The third-order valence-corrected chi connectivity index (χ3v) is 6.27. The first kappa shape index (κ1) is 22.2. The number of aryl methyl sites for hydroxylation is 1. The molecule has 0 unspecified atom stereocenters. The van der Waals surface area contributed by atoms with Crippen molar-refractivity contribution >= 4 is 43.4 Å². The highest BCUT2D eigenvalue weighted by atomic mass is 79.9. The Bertz CT molecular complexity index is 1110. The van der Waals surface area contributed by atoms with Gasteiger partial charge in [-0.3, -0.25) is 0 Å². The van der Waals surface area contributed by atoms with Crippen molar-refractivity contribution in [2.75, 3.05) is 17.2 Å². The largest absolute Gasteiger partial charge is 0.468 e. The van der Waals surface area contributed by atoms with Gasteiger partial charge >= 0.3 is 0 Å². The summed E-state index contributed by atoms with van der Waals surface area (Å²) in [4.78, 5) is 8.72. The number of sulfonamides is 1. The number of benzene rings is 1. The molecule has 1 atom stereocenters. The average Bonchev–Trinajstić information content (AvgIpc) is 3.24. The van der Waals surface area contributed by atoms with Gasteiger partial charge in [-0.2, -0.15) is 4.98 Å². The van der Waals surface area contributed by atoms with E-state index in [0.717, 1.165) is 0 Å². The summed E-state index contributed by atoms with van der Waals surface area (Å²) in [6.45, 7) is 3.54. The number of hydrogen-bond donors (Lipinski definition) is 4. The number of furan rings is 1. The van der Waals surface area contributed by atoms with E-state index in [1.54, 1.807) is 37.4 Å². The van der Waals surface area contributed by atoms with Crippen LogP contribution in [0.25, 0.3) is 0 Å². The van der Waals surface area contributed by atoms with Gasteiger partial charge in [0.25, 0.3) is 0 Å². The SMILES string of the molecule is Cc1ccc(Nc2ncc(Br)c(N[C@H](C)CO)n2)cc1S(=O)(=O)NCc1ccco1. The molecule has 2 heterocycles. The normalized spacial score (nSPS) is 12.5. The molecule has 30 heavy (non-hydrogen) atoms. The zero-order valence-corrected chi connectivity index (χ0v) is 18.8. The van der Waals surface area contributed by atoms with Crippen LogP contribution >= 0.6 is 15.9 Å². The molecule has 4 N–H and O–H groups in total. The molecule has 0 radical (unpaired) electrons. The van der Waals surface area contributed by atoms with Crippen molar-refractivity contribution in [1.82, 2.24) is 14.7 Å². The Hall–Kier alpha value is -2.47. The van der Waals surface area contributed by atoms with Gasteiger partial charge in [-0.05, 0) is 59.6 Å². The van der Waals surface area contributed by atoms with Crippen LogP contribution in [0.3, 0.4) is 0 Å². The van der Waals surface area contributed by atoms with Crippen LogP contribution in [0, 0.1) is 6.92 Å². The van der Waals surface area contributed by atoms with Crippen LogP contribution in [0.5, 0.6) is 0 Å². The molecule has 0 aliphatic rings. The molecule has 0 aliphatic heterocycles. The van der Waals surface area contributed by atoms with Crippen molar-refractivity contribution in [3.63, 3.8) is 0 Å². The Labute approximate surface area is 183 Å². The second-order valence-corrected chi connectivity index (χ2v) is 9.22. The van der Waals surface area contributed by atoms with E-state index in [9.17, 15) is 13.5 Å². The lowest BCUT2D eigenvalue weighted by Crippen LogP contribution is -2.24. The first-order chi connectivity index (χ1) is 14.3. The monoisotopic (exact) mass is 495 g/mol. The summed E-state index contributed by atoms with van der Waals surface area (Å²) < 4.78 is 33.9. The second-order valence-electron chi connectivity index (χ2n) is 6.63. The summed E-state index contributed by atoms with van der Waals surface area (Å²) in [6, 6.07) is 8.17. The highest BCUT2D eigenvalue weighted by Gasteiger charge is 2.18. The van der Waals surface area contributed by atoms with E-state index in [-0.39, 0.29) is 30.0 Å². The second kappa shape index (κ2) is 9.56. The number of nitrogens with one attached hydrogen (secondary N) is 3. The smallest absolute Gasteiger partial charge is 0.241 e. The molecule has 160 valence electrons. The van der Waals surface area contributed by atoms with Crippen LogP contribution in [0.1, 0.15) is 18.2 Å². The van der Waals surface area contributed by atoms with Gasteiger partial charge < -0.3 is 20.2 Å². The molecule has 9 nitrogen and oxygen atoms in total. The molecule has 11 heteroatoms. The fourth-order valence-electron chi connectivity index (χ4n) is 2.56. The van der Waals surface area contributed by atoms with Gasteiger partial charge in [-0.15, -0.1) is 0 Å². The summed E-state index contributed by atoms with van der Waals surface area (Å²) in [5.41, 5.74) is 1.12. The van der Waals surface area contributed by atoms with Crippen LogP contribution in [-0.2, 0) is 16.6 Å². The van der Waals surface area contributed by atoms with E-state index in [0.29, 0.717) is 27.3 Å². The molecule has 1 aromatic carbocycles. The van der Waals surface area contributed by atoms with Crippen molar-refractivity contribution in [3.8, 4) is 0 Å². The Kier molecular flexibility index (Phi) is 7.08. The molecule has 0 aliphatic carbocycles. The van der Waals surface area contributed by atoms with Crippen LogP contribution in [-0.4, -0.2) is 36.1 Å². The summed E-state index contributed by atoms with van der Waals surface area (Å²) >= 11 is 3.36. The number of anilines is 3. The Morgan fingerprint density at radius 1 is 1.30 bits per heavy atom. The highest BCUT2D eigenvalue weighted by molar-refractivity contribution is 9.10. The van der Waals surface area contributed by atoms with Crippen LogP contribution in [0.2, 0.25) is 0 Å². The van der Waals surface area contributed by atoms with Crippen molar-refractivity contribution in [3.05, 3.63) is 58.6 Å². The Balaban J connectivity index is 1.80. The molecule has 3 rings (SSSR count). The third-order valence-electron chi connectivity index (χ3n) is 4.15. The summed E-state index contributed by atoms with van der Waals surface area (Å²) in [5, 5.41) is 15.3. The van der Waals surface area contributed by atoms with Gasteiger partial charge in [-0.1, -0.05) is 6.07 Å². The predicted molar refractivity (Wildman–Crippen MR) is 117 cm³/mol. The molecule has 0 amide bonds. The summed E-state index contributed by atoms with van der Waals surface area (Å²) in [6.07, 6.45) is 3.06. The first-order valence-electron chi connectivity index (χ1n) is 9.08. The van der Waals surface area contributed by atoms with Crippen molar-refractivity contribution in [2.24, 2.45) is 0 Å². The standard InChI is InChI=1S/C19H22BrN5O4S/c1-12-5-6-14(8-17(12)30(27,28)22-9-15-4-3-7-29-15)24-19-21-10-16(20)18(25-19)23-13(2)11-26/h3-8,10,13,22,26H,9,11H2,1-2H3,(H2,21,23,24,25)/t13-/m1/s1. The quantitative estimate of drug-likeness (QED) is 0.356. The van der Waals surface area contributed by atoms with Gasteiger partial charge in [-0.25, -0.2) is 18.1 Å². The molecular formula is C19H22BrN5O4S. The van der Waals surface area contributed by atoms with Gasteiger partial charge in [0, 0.05) is 17.9 Å². The minimum Gasteiger partial charge on any atom is -0.468 e. The van der Waals surface area contributed by atoms with Crippen LogP contribution < -0.4 is 15.4 Å². The van der Waals surface area contributed by atoms with E-state index < -0.39 is 10.0 Å². The van der Waals surface area contributed by atoms with E-state index in [4.69, 9.17) is 4.42 Å². The zero-order chi connectivity index (χ0) is 21.7. The van der Waals surface area contributed by atoms with Crippen LogP contribution in [0.15, 0.2) is 56.6 Å². The fourth-order valence-corrected chi connectivity index (χ4v) is 4.13. The van der Waals surface area contributed by atoms with Gasteiger partial charge in [0.15, 0.2) is 0 Å². The van der Waals surface area contributed by atoms with Crippen LogP contribution in [0.4, 0.5) is 17.5 Å². The maximum Gasteiger partial charge on any atom is 0.241 e. The van der Waals surface area contributed by atoms with Gasteiger partial charge in [0.05, 0.1) is 28.8 Å². The van der Waals surface area contributed by atoms with Crippen molar-refractivity contribution in [2.45, 2.75) is 31.3 Å². The molecule has 2 aromatic heterocycles. The Morgan fingerprint density at radius 3 is 2.80 bits per heavy atom. The Morgan fingerprint density at radius 2 is 2.10 bits per heavy atom. The van der Waals surface area contributed by atoms with Gasteiger partial charge in [0.1, 0.15) is 11.6 Å². The predicted octanol–water partition coefficient (Wildman–Crippen LogP) is 3.16. The molecule has 0 fully saturated rings. The topological polar surface area (TPSA) is 129 Å². The number of hydrogen-bond acceptors (Lipinski definition) is 8. The number of aromatic nitrogens is 2. The number of rotatable bonds is 9. The van der Waals surface area contributed by atoms with E-state index >= 15 is 0 Å². The fraction of sp³-hybridized carbons (Fsp3) is 0.263. The zero-order valence-electron chi connectivity index (χ0n) is 16.4. The number of halogens is 1. The highest BCUT2D eigenvalue weighted by Crippen LogP contribution is 2.25. The summed E-state index contributed by atoms with van der Waals surface area (Å²) in [5.74, 6) is 1.31. The maximum atomic E-state index is 12.8. The molecule has 0 saturated carbocycles. The van der Waals surface area contributed by atoms with Crippen molar-refractivity contribution < 1.29 is 17.9 Å². The molecule has 0 saturated heterocycles. The van der Waals surface area contributed by atoms with E-state index in [1.165, 1.54) is 12.3 Å². The first-order valence-corrected chi connectivity index (χ1v) is 11.4.